The molecule has 8 heteroatoms. The third-order valence-electron chi connectivity index (χ3n) is 2.52. The normalized spacial score (nSPS) is 9.71. The van der Waals surface area contributed by atoms with Gasteiger partial charge in [0, 0.05) is 22.0 Å². The molecule has 0 saturated carbocycles. The van der Waals surface area contributed by atoms with Crippen LogP contribution in [0.2, 0.25) is 0 Å². The second-order valence-corrected chi connectivity index (χ2v) is 5.60. The lowest BCUT2D eigenvalue weighted by molar-refractivity contribution is -0.466. The quantitative estimate of drug-likeness (QED) is 0.218. The fourth-order valence-electron chi connectivity index (χ4n) is 1.81. The number of rotatable bonds is 1. The van der Waals surface area contributed by atoms with Crippen molar-refractivity contribution < 1.29 is 9.66 Å². The summed E-state index contributed by atoms with van der Waals surface area (Å²) in [6.07, 6.45) is 2.07. The maximum Gasteiger partial charge on any atom is 0.312 e. The van der Waals surface area contributed by atoms with Gasteiger partial charge in [0.2, 0.25) is 0 Å². The SMILES string of the molecule is CN(C)C(Sc1c[nH]c2ccccc12)=[N+](C)C.O=[N+]([O-])[O-]. The minimum Gasteiger partial charge on any atom is -0.360 e. The summed E-state index contributed by atoms with van der Waals surface area (Å²) in [5.41, 5.74) is 1.19. The van der Waals surface area contributed by atoms with Gasteiger partial charge in [-0.1, -0.05) is 18.2 Å². The van der Waals surface area contributed by atoms with Crippen LogP contribution in [0.1, 0.15) is 0 Å². The zero-order valence-corrected chi connectivity index (χ0v) is 13.2. The first-order valence-corrected chi connectivity index (χ1v) is 6.91. The molecule has 7 nitrogen and oxygen atoms in total. The fourth-order valence-corrected chi connectivity index (χ4v) is 2.78. The molecule has 0 saturated heterocycles. The number of thioether (sulfide) groups is 1. The predicted octanol–water partition coefficient (Wildman–Crippen LogP) is 2.21. The molecule has 1 aromatic heterocycles. The van der Waals surface area contributed by atoms with Crippen molar-refractivity contribution in [2.24, 2.45) is 0 Å². The van der Waals surface area contributed by atoms with Gasteiger partial charge in [-0.2, -0.15) is 0 Å². The molecule has 0 fully saturated rings. The number of hydrogen-bond acceptors (Lipinski definition) is 4. The van der Waals surface area contributed by atoms with Crippen LogP contribution in [-0.4, -0.2) is 52.9 Å². The molecule has 1 N–H and O–H groups in total. The van der Waals surface area contributed by atoms with Crippen molar-refractivity contribution >= 4 is 27.8 Å². The Morgan fingerprint density at radius 2 is 1.81 bits per heavy atom. The molecule has 0 aliphatic rings. The molecule has 0 bridgehead atoms. The van der Waals surface area contributed by atoms with Gasteiger partial charge in [0.15, 0.2) is 0 Å². The van der Waals surface area contributed by atoms with Gasteiger partial charge in [-0.25, -0.2) is 0 Å². The summed E-state index contributed by atoms with van der Waals surface area (Å²) < 4.78 is 2.13. The highest BCUT2D eigenvalue weighted by Gasteiger charge is 2.16. The Hall–Kier alpha value is -2.22. The Morgan fingerprint density at radius 3 is 2.33 bits per heavy atom. The van der Waals surface area contributed by atoms with Crippen LogP contribution in [0.15, 0.2) is 35.4 Å². The first-order valence-electron chi connectivity index (χ1n) is 6.10. The van der Waals surface area contributed by atoms with Crippen molar-refractivity contribution in [3.8, 4) is 0 Å². The van der Waals surface area contributed by atoms with Gasteiger partial charge in [0.05, 0.1) is 33.3 Å². The highest BCUT2D eigenvalue weighted by atomic mass is 32.2. The highest BCUT2D eigenvalue weighted by molar-refractivity contribution is 8.13. The predicted molar refractivity (Wildman–Crippen MR) is 85.3 cm³/mol. The number of fused-ring (bicyclic) bond motifs is 1. The van der Waals surface area contributed by atoms with Crippen molar-refractivity contribution in [3.05, 3.63) is 45.8 Å². The molecule has 1 heterocycles. The van der Waals surface area contributed by atoms with E-state index in [4.69, 9.17) is 15.3 Å². The summed E-state index contributed by atoms with van der Waals surface area (Å²) in [5.74, 6) is 0. The van der Waals surface area contributed by atoms with E-state index in [1.54, 1.807) is 11.8 Å². The summed E-state index contributed by atoms with van der Waals surface area (Å²) in [6.45, 7) is 0. The molecule has 0 atom stereocenters. The zero-order valence-electron chi connectivity index (χ0n) is 12.4. The van der Waals surface area contributed by atoms with Crippen LogP contribution in [0.25, 0.3) is 10.9 Å². The van der Waals surface area contributed by atoms with Gasteiger partial charge in [-0.05, 0) is 17.8 Å². The van der Waals surface area contributed by atoms with E-state index in [-0.39, 0.29) is 0 Å². The van der Waals surface area contributed by atoms with Crippen molar-refractivity contribution in [3.63, 3.8) is 0 Å². The minimum absolute atomic E-state index is 1.19. The number of nitrogens with zero attached hydrogens (tertiary/aromatic N) is 3. The number of aromatic amines is 1. The Balaban J connectivity index is 0.000000491. The molecule has 0 aliphatic carbocycles. The fraction of sp³-hybridized carbons (Fsp3) is 0.308. The van der Waals surface area contributed by atoms with Crippen LogP contribution < -0.4 is 0 Å². The molecule has 0 amide bonds. The lowest BCUT2D eigenvalue weighted by Crippen LogP contribution is -2.26. The van der Waals surface area contributed by atoms with Gasteiger partial charge in [-0.15, -0.1) is 0 Å². The molecule has 21 heavy (non-hydrogen) atoms. The van der Waals surface area contributed by atoms with Gasteiger partial charge in [0.25, 0.3) is 0 Å². The average molecular weight is 310 g/mol. The molecule has 2 aromatic rings. The van der Waals surface area contributed by atoms with E-state index in [1.807, 2.05) is 0 Å². The van der Waals surface area contributed by atoms with Crippen molar-refractivity contribution in [2.75, 3.05) is 28.2 Å². The lowest BCUT2D eigenvalue weighted by Gasteiger charge is -2.09. The lowest BCUT2D eigenvalue weighted by atomic mass is 10.2. The molecule has 0 unspecified atom stereocenters. The number of H-pyrrole nitrogens is 1. The number of amidine groups is 1. The Morgan fingerprint density at radius 1 is 1.24 bits per heavy atom. The number of nitrogens with one attached hydrogen (secondary N) is 1. The molecule has 0 aliphatic heterocycles. The largest absolute Gasteiger partial charge is 0.360 e. The van der Waals surface area contributed by atoms with E-state index < -0.39 is 5.09 Å². The summed E-state index contributed by atoms with van der Waals surface area (Å²) in [7, 11) is 8.27. The second-order valence-electron chi connectivity index (χ2n) is 4.60. The molecule has 114 valence electrons. The third kappa shape index (κ3) is 4.99. The van der Waals surface area contributed by atoms with E-state index in [9.17, 15) is 0 Å². The smallest absolute Gasteiger partial charge is 0.312 e. The summed E-state index contributed by atoms with van der Waals surface area (Å²) in [4.78, 5) is 14.9. The number of para-hydroxylation sites is 1. The molecule has 2 rings (SSSR count). The van der Waals surface area contributed by atoms with Crippen LogP contribution in [0.3, 0.4) is 0 Å². The molecular formula is C13H18N4O3S. The maximum absolute atomic E-state index is 8.25. The van der Waals surface area contributed by atoms with Gasteiger partial charge in [0.1, 0.15) is 0 Å². The third-order valence-corrected chi connectivity index (χ3v) is 3.99. The Kier molecular flexibility index (Phi) is 6.04. The van der Waals surface area contributed by atoms with E-state index >= 15 is 0 Å². The van der Waals surface area contributed by atoms with Gasteiger partial charge >= 0.3 is 5.17 Å². The van der Waals surface area contributed by atoms with Crippen molar-refractivity contribution in [1.82, 2.24) is 9.88 Å². The number of hydrogen-bond donors (Lipinski definition) is 1. The first kappa shape index (κ1) is 16.8. The number of benzene rings is 1. The summed E-state index contributed by atoms with van der Waals surface area (Å²) in [5, 5.41) is 17.2. The van der Waals surface area contributed by atoms with E-state index in [1.165, 1.54) is 21.0 Å². The van der Waals surface area contributed by atoms with Crippen LogP contribution in [0.4, 0.5) is 0 Å². The van der Waals surface area contributed by atoms with E-state index in [0.29, 0.717) is 0 Å². The molecule has 0 spiro atoms. The minimum atomic E-state index is -1.75. The average Bonchev–Trinajstić information content (AvgIpc) is 2.77. The summed E-state index contributed by atoms with van der Waals surface area (Å²) >= 11 is 1.78. The molecule has 0 radical (unpaired) electrons. The topological polar surface area (TPSA) is 88.2 Å². The van der Waals surface area contributed by atoms with Crippen LogP contribution in [-0.2, 0) is 0 Å². The summed E-state index contributed by atoms with van der Waals surface area (Å²) in [6, 6.07) is 8.38. The maximum atomic E-state index is 8.25. The Bertz CT molecular complexity index is 644. The van der Waals surface area contributed by atoms with E-state index in [0.717, 1.165) is 0 Å². The number of aromatic nitrogens is 1. The standard InChI is InChI=1S/C13H18N3S.NO3/c1-15(2)13(16(3)4)17-12-9-14-11-8-6-5-7-10(11)12;2-1(3)4/h5-9,14H,1-4H3;/q+1;-1. The van der Waals surface area contributed by atoms with Gasteiger partial charge in [-0.3, -0.25) is 9.48 Å². The molecule has 1 aromatic carbocycles. The zero-order chi connectivity index (χ0) is 16.0. The van der Waals surface area contributed by atoms with Crippen LogP contribution in [0, 0.1) is 15.3 Å². The van der Waals surface area contributed by atoms with Crippen molar-refractivity contribution in [2.45, 2.75) is 4.90 Å². The highest BCUT2D eigenvalue weighted by Crippen LogP contribution is 2.28. The Labute approximate surface area is 127 Å². The van der Waals surface area contributed by atoms with Gasteiger partial charge < -0.3 is 20.3 Å². The van der Waals surface area contributed by atoms with Crippen molar-refractivity contribution in [1.29, 1.82) is 0 Å². The van der Waals surface area contributed by atoms with Crippen LogP contribution in [0.5, 0.6) is 0 Å². The van der Waals surface area contributed by atoms with E-state index in [2.05, 4.69) is 73.1 Å². The molecular weight excluding hydrogens is 292 g/mol. The second kappa shape index (κ2) is 7.53. The monoisotopic (exact) mass is 310 g/mol. The first-order chi connectivity index (χ1) is 9.82. The van der Waals surface area contributed by atoms with Crippen LogP contribution >= 0.6 is 11.8 Å².